The van der Waals surface area contributed by atoms with Crippen molar-refractivity contribution in [3.63, 3.8) is 0 Å². The van der Waals surface area contributed by atoms with Gasteiger partial charge in [0.25, 0.3) is 0 Å². The maximum absolute atomic E-state index is 4.76. The van der Waals surface area contributed by atoms with E-state index in [4.69, 9.17) is 4.99 Å². The topological polar surface area (TPSA) is 58.3 Å². The minimum atomic E-state index is 0.580. The Balaban J connectivity index is 2.05. The van der Waals surface area contributed by atoms with Crippen molar-refractivity contribution in [1.29, 1.82) is 0 Å². The van der Waals surface area contributed by atoms with Crippen molar-refractivity contribution >= 4 is 17.7 Å². The highest BCUT2D eigenvalue weighted by molar-refractivity contribution is 8.00. The second-order valence-electron chi connectivity index (χ2n) is 5.05. The molecule has 1 aliphatic heterocycles. The molecular formula is C14H26N6S. The zero-order chi connectivity index (χ0) is 15.1. The van der Waals surface area contributed by atoms with Gasteiger partial charge in [-0.1, -0.05) is 6.92 Å². The van der Waals surface area contributed by atoms with Crippen molar-refractivity contribution in [3.05, 3.63) is 12.2 Å². The van der Waals surface area contributed by atoms with Crippen molar-refractivity contribution in [2.45, 2.75) is 45.5 Å². The summed E-state index contributed by atoms with van der Waals surface area (Å²) >= 11 is 2.07. The molecule has 1 N–H and O–H groups in total. The molecule has 0 aliphatic carbocycles. The predicted octanol–water partition coefficient (Wildman–Crippen LogP) is 1.59. The smallest absolute Gasteiger partial charge is 0.194 e. The predicted molar refractivity (Wildman–Crippen MR) is 88.6 cm³/mol. The van der Waals surface area contributed by atoms with Crippen LogP contribution in [0.15, 0.2) is 11.3 Å². The van der Waals surface area contributed by atoms with Gasteiger partial charge in [0, 0.05) is 37.2 Å². The van der Waals surface area contributed by atoms with E-state index in [1.807, 2.05) is 4.57 Å². The molecule has 2 heterocycles. The quantitative estimate of drug-likeness (QED) is 0.661. The molecule has 1 aliphatic rings. The molecule has 118 valence electrons. The highest BCUT2D eigenvalue weighted by atomic mass is 32.2. The Bertz CT molecular complexity index is 458. The number of hydrogen-bond acceptors (Lipinski definition) is 4. The summed E-state index contributed by atoms with van der Waals surface area (Å²) in [5.41, 5.74) is 0. The molecule has 1 atom stereocenters. The summed E-state index contributed by atoms with van der Waals surface area (Å²) in [6, 6.07) is 0. The van der Waals surface area contributed by atoms with E-state index in [0.717, 1.165) is 38.0 Å². The van der Waals surface area contributed by atoms with E-state index in [0.29, 0.717) is 11.8 Å². The molecular weight excluding hydrogens is 284 g/mol. The summed E-state index contributed by atoms with van der Waals surface area (Å²) in [7, 11) is 0. The number of aryl methyl sites for hydroxylation is 1. The average Bonchev–Trinajstić information content (AvgIpc) is 2.99. The number of thioether (sulfide) groups is 1. The molecule has 1 aromatic heterocycles. The molecule has 6 nitrogen and oxygen atoms in total. The van der Waals surface area contributed by atoms with Gasteiger partial charge in [-0.05, 0) is 20.3 Å². The van der Waals surface area contributed by atoms with Crippen molar-refractivity contribution in [3.8, 4) is 0 Å². The molecule has 21 heavy (non-hydrogen) atoms. The number of nitrogens with one attached hydrogen (secondary N) is 1. The lowest BCUT2D eigenvalue weighted by atomic mass is 10.3. The molecule has 0 radical (unpaired) electrons. The first-order valence-corrected chi connectivity index (χ1v) is 8.84. The number of aliphatic imine (C=N–C) groups is 1. The highest BCUT2D eigenvalue weighted by Gasteiger charge is 2.21. The fourth-order valence-electron chi connectivity index (χ4n) is 2.40. The fraction of sp³-hybridized carbons (Fsp3) is 0.786. The van der Waals surface area contributed by atoms with Crippen LogP contribution in [0.2, 0.25) is 0 Å². The Morgan fingerprint density at radius 1 is 1.48 bits per heavy atom. The third kappa shape index (κ3) is 4.36. The van der Waals surface area contributed by atoms with Crippen molar-refractivity contribution < 1.29 is 0 Å². The van der Waals surface area contributed by atoms with Crippen LogP contribution in [-0.4, -0.2) is 56.3 Å². The minimum Gasteiger partial charge on any atom is -0.357 e. The molecule has 0 saturated carbocycles. The molecule has 0 spiro atoms. The van der Waals surface area contributed by atoms with Crippen LogP contribution in [0, 0.1) is 0 Å². The van der Waals surface area contributed by atoms with E-state index in [2.05, 4.69) is 52.9 Å². The molecule has 2 rings (SSSR count). The zero-order valence-corrected chi connectivity index (χ0v) is 14.1. The van der Waals surface area contributed by atoms with Gasteiger partial charge in [0.1, 0.15) is 12.9 Å². The number of hydrogen-bond donors (Lipinski definition) is 1. The van der Waals surface area contributed by atoms with Crippen LogP contribution in [0.25, 0.3) is 0 Å². The molecule has 0 aromatic carbocycles. The van der Waals surface area contributed by atoms with Crippen molar-refractivity contribution in [2.75, 3.05) is 25.4 Å². The lowest BCUT2D eigenvalue weighted by Crippen LogP contribution is -2.48. The monoisotopic (exact) mass is 310 g/mol. The van der Waals surface area contributed by atoms with Crippen LogP contribution in [0.4, 0.5) is 0 Å². The molecule has 1 fully saturated rings. The van der Waals surface area contributed by atoms with Gasteiger partial charge in [0.05, 0.1) is 0 Å². The molecule has 1 aromatic rings. The van der Waals surface area contributed by atoms with Gasteiger partial charge in [-0.3, -0.25) is 0 Å². The standard InChI is InChI=1S/C14H26N6S/c1-4-12-10-20(7-8-21-12)14(15-5-2)16-9-13-18-17-11-19(13)6-3/h11-12H,4-10H2,1-3H3,(H,15,16). The summed E-state index contributed by atoms with van der Waals surface area (Å²) in [5.74, 6) is 3.10. The van der Waals surface area contributed by atoms with Gasteiger partial charge >= 0.3 is 0 Å². The number of rotatable bonds is 5. The number of guanidine groups is 1. The summed E-state index contributed by atoms with van der Waals surface area (Å²) in [5, 5.41) is 12.2. The minimum absolute atomic E-state index is 0.580. The summed E-state index contributed by atoms with van der Waals surface area (Å²) < 4.78 is 2.04. The zero-order valence-electron chi connectivity index (χ0n) is 13.2. The van der Waals surface area contributed by atoms with Gasteiger partial charge in [-0.2, -0.15) is 11.8 Å². The van der Waals surface area contributed by atoms with Crippen molar-refractivity contribution in [1.82, 2.24) is 25.0 Å². The lowest BCUT2D eigenvalue weighted by Gasteiger charge is -2.34. The van der Waals surface area contributed by atoms with Gasteiger partial charge < -0.3 is 14.8 Å². The second-order valence-corrected chi connectivity index (χ2v) is 6.46. The Kier molecular flexibility index (Phi) is 6.35. The second kappa shape index (κ2) is 8.26. The van der Waals surface area contributed by atoms with Crippen LogP contribution >= 0.6 is 11.8 Å². The maximum Gasteiger partial charge on any atom is 0.194 e. The molecule has 1 unspecified atom stereocenters. The first kappa shape index (κ1) is 16.1. The van der Waals surface area contributed by atoms with Crippen LogP contribution in [0.3, 0.4) is 0 Å². The summed E-state index contributed by atoms with van der Waals surface area (Å²) in [4.78, 5) is 7.13. The Morgan fingerprint density at radius 3 is 3.05 bits per heavy atom. The van der Waals surface area contributed by atoms with E-state index < -0.39 is 0 Å². The lowest BCUT2D eigenvalue weighted by molar-refractivity contribution is 0.407. The van der Waals surface area contributed by atoms with E-state index in [-0.39, 0.29) is 0 Å². The van der Waals surface area contributed by atoms with E-state index in [9.17, 15) is 0 Å². The Labute approximate surface area is 131 Å². The Hall–Kier alpha value is -1.24. The summed E-state index contributed by atoms with van der Waals surface area (Å²) in [6.45, 7) is 11.0. The van der Waals surface area contributed by atoms with Crippen LogP contribution in [0.5, 0.6) is 0 Å². The largest absolute Gasteiger partial charge is 0.357 e. The number of aromatic nitrogens is 3. The SMILES string of the molecule is CCNC(=NCc1nncn1CC)N1CCSC(CC)C1. The fourth-order valence-corrected chi connectivity index (χ4v) is 3.58. The highest BCUT2D eigenvalue weighted by Crippen LogP contribution is 2.21. The van der Waals surface area contributed by atoms with Gasteiger partial charge in [-0.15, -0.1) is 10.2 Å². The molecule has 0 amide bonds. The summed E-state index contributed by atoms with van der Waals surface area (Å²) in [6.07, 6.45) is 2.98. The Morgan fingerprint density at radius 2 is 2.33 bits per heavy atom. The van der Waals surface area contributed by atoms with Crippen molar-refractivity contribution in [2.24, 2.45) is 4.99 Å². The van der Waals surface area contributed by atoms with E-state index >= 15 is 0 Å². The first-order chi connectivity index (χ1) is 10.3. The average molecular weight is 310 g/mol. The number of nitrogens with zero attached hydrogens (tertiary/aromatic N) is 5. The van der Waals surface area contributed by atoms with Crippen LogP contribution in [-0.2, 0) is 13.1 Å². The van der Waals surface area contributed by atoms with Gasteiger partial charge in [-0.25, -0.2) is 4.99 Å². The third-order valence-electron chi connectivity index (χ3n) is 3.64. The van der Waals surface area contributed by atoms with Crippen LogP contribution < -0.4 is 5.32 Å². The van der Waals surface area contributed by atoms with Gasteiger partial charge in [0.2, 0.25) is 0 Å². The third-order valence-corrected chi connectivity index (χ3v) is 5.01. The molecule has 1 saturated heterocycles. The van der Waals surface area contributed by atoms with Crippen LogP contribution in [0.1, 0.15) is 33.0 Å². The normalized spacial score (nSPS) is 19.9. The first-order valence-electron chi connectivity index (χ1n) is 7.80. The van der Waals surface area contributed by atoms with Gasteiger partial charge in [0.15, 0.2) is 11.8 Å². The molecule has 0 bridgehead atoms. The maximum atomic E-state index is 4.76. The van der Waals surface area contributed by atoms with E-state index in [1.54, 1.807) is 6.33 Å². The van der Waals surface area contributed by atoms with E-state index in [1.165, 1.54) is 12.2 Å². The molecule has 7 heteroatoms.